The predicted octanol–water partition coefficient (Wildman–Crippen LogP) is 2.85. The van der Waals surface area contributed by atoms with E-state index in [2.05, 4.69) is 5.32 Å². The summed E-state index contributed by atoms with van der Waals surface area (Å²) >= 11 is 5.80. The first kappa shape index (κ1) is 16.2. The second kappa shape index (κ2) is 6.84. The van der Waals surface area contributed by atoms with Gasteiger partial charge in [0.15, 0.2) is 0 Å². The molecular formula is C16H20ClN3O3. The summed E-state index contributed by atoms with van der Waals surface area (Å²) < 4.78 is 0. The number of benzene rings is 1. The zero-order chi connectivity index (χ0) is 16.4. The minimum Gasteiger partial charge on any atom is -0.338 e. The number of rotatable bonds is 5. The van der Waals surface area contributed by atoms with Gasteiger partial charge in [0.2, 0.25) is 0 Å². The third-order valence-electron chi connectivity index (χ3n) is 4.56. The molecule has 1 aliphatic heterocycles. The molecule has 0 bridgehead atoms. The van der Waals surface area contributed by atoms with Crippen molar-refractivity contribution in [1.82, 2.24) is 10.2 Å². The number of carbonyl (C=O) groups excluding carboxylic acids is 1. The minimum absolute atomic E-state index is 0.115. The van der Waals surface area contributed by atoms with Gasteiger partial charge >= 0.3 is 0 Å². The molecule has 23 heavy (non-hydrogen) atoms. The zero-order valence-electron chi connectivity index (χ0n) is 12.8. The van der Waals surface area contributed by atoms with Crippen molar-refractivity contribution in [3.8, 4) is 0 Å². The van der Waals surface area contributed by atoms with Crippen molar-refractivity contribution in [2.45, 2.75) is 31.7 Å². The topological polar surface area (TPSA) is 75.5 Å². The summed E-state index contributed by atoms with van der Waals surface area (Å²) in [6.07, 6.45) is 4.43. The highest BCUT2D eigenvalue weighted by Gasteiger charge is 2.29. The lowest BCUT2D eigenvalue weighted by molar-refractivity contribution is -0.385. The molecule has 2 fully saturated rings. The van der Waals surface area contributed by atoms with Crippen LogP contribution in [0.2, 0.25) is 5.02 Å². The Morgan fingerprint density at radius 1 is 1.30 bits per heavy atom. The Balaban J connectivity index is 1.61. The summed E-state index contributed by atoms with van der Waals surface area (Å²) in [5.74, 6) is 0.556. The molecule has 6 nitrogen and oxygen atoms in total. The average Bonchev–Trinajstić information content (AvgIpc) is 3.37. The third-order valence-corrected chi connectivity index (χ3v) is 4.80. The lowest BCUT2D eigenvalue weighted by Gasteiger charge is -2.32. The smallest absolute Gasteiger partial charge is 0.283 e. The van der Waals surface area contributed by atoms with Crippen molar-refractivity contribution in [3.63, 3.8) is 0 Å². The van der Waals surface area contributed by atoms with Gasteiger partial charge in [-0.15, -0.1) is 0 Å². The van der Waals surface area contributed by atoms with Crippen molar-refractivity contribution >= 4 is 23.2 Å². The summed E-state index contributed by atoms with van der Waals surface area (Å²) in [5.41, 5.74) is -0.111. The number of nitrogens with zero attached hydrogens (tertiary/aromatic N) is 2. The van der Waals surface area contributed by atoms with Gasteiger partial charge in [-0.1, -0.05) is 11.6 Å². The van der Waals surface area contributed by atoms with Crippen LogP contribution in [-0.2, 0) is 0 Å². The molecule has 1 saturated carbocycles. The average molecular weight is 338 g/mol. The monoisotopic (exact) mass is 337 g/mol. The molecule has 1 aromatic rings. The van der Waals surface area contributed by atoms with E-state index >= 15 is 0 Å². The van der Waals surface area contributed by atoms with E-state index in [1.165, 1.54) is 31.0 Å². The second-order valence-electron chi connectivity index (χ2n) is 6.34. The summed E-state index contributed by atoms with van der Waals surface area (Å²) in [7, 11) is 0. The van der Waals surface area contributed by atoms with E-state index in [1.807, 2.05) is 0 Å². The molecule has 2 aliphatic rings. The lowest BCUT2D eigenvalue weighted by Crippen LogP contribution is -2.45. The van der Waals surface area contributed by atoms with E-state index in [0.717, 1.165) is 25.3 Å². The van der Waals surface area contributed by atoms with Crippen LogP contribution in [0.15, 0.2) is 18.2 Å². The first-order valence-electron chi connectivity index (χ1n) is 8.01. The number of halogens is 1. The number of amides is 1. The maximum absolute atomic E-state index is 12.6. The van der Waals surface area contributed by atoms with Crippen molar-refractivity contribution in [2.24, 2.45) is 5.92 Å². The second-order valence-corrected chi connectivity index (χ2v) is 6.77. The summed E-state index contributed by atoms with van der Waals surface area (Å²) in [5, 5.41) is 15.0. The molecule has 1 heterocycles. The maximum atomic E-state index is 12.6. The van der Waals surface area contributed by atoms with Crippen LogP contribution in [0, 0.1) is 16.0 Å². The van der Waals surface area contributed by atoms with Gasteiger partial charge in [0.05, 0.1) is 4.92 Å². The van der Waals surface area contributed by atoms with Gasteiger partial charge in [-0.2, -0.15) is 0 Å². The van der Waals surface area contributed by atoms with E-state index in [4.69, 9.17) is 11.6 Å². The van der Waals surface area contributed by atoms with Crippen LogP contribution in [0.3, 0.4) is 0 Å². The van der Waals surface area contributed by atoms with E-state index < -0.39 is 4.92 Å². The van der Waals surface area contributed by atoms with Gasteiger partial charge in [-0.3, -0.25) is 14.9 Å². The minimum atomic E-state index is -0.553. The number of hydrogen-bond acceptors (Lipinski definition) is 4. The summed E-state index contributed by atoms with van der Waals surface area (Å²) in [4.78, 5) is 24.9. The number of nitro benzene ring substituents is 1. The fourth-order valence-electron chi connectivity index (χ4n) is 2.95. The molecule has 3 rings (SSSR count). The number of piperidine rings is 1. The Hall–Kier alpha value is -1.66. The normalized spacial score (nSPS) is 18.9. The molecule has 1 aromatic carbocycles. The van der Waals surface area contributed by atoms with Gasteiger partial charge in [-0.25, -0.2) is 0 Å². The van der Waals surface area contributed by atoms with Crippen molar-refractivity contribution in [2.75, 3.05) is 19.6 Å². The molecule has 1 amide bonds. The van der Waals surface area contributed by atoms with Crippen LogP contribution < -0.4 is 5.32 Å². The van der Waals surface area contributed by atoms with Crippen LogP contribution in [0.4, 0.5) is 5.69 Å². The largest absolute Gasteiger partial charge is 0.338 e. The molecule has 7 heteroatoms. The van der Waals surface area contributed by atoms with Gasteiger partial charge in [0.1, 0.15) is 5.56 Å². The molecule has 1 N–H and O–H groups in total. The predicted molar refractivity (Wildman–Crippen MR) is 87.8 cm³/mol. The van der Waals surface area contributed by atoms with Gasteiger partial charge in [0.25, 0.3) is 11.6 Å². The van der Waals surface area contributed by atoms with E-state index in [-0.39, 0.29) is 22.2 Å². The van der Waals surface area contributed by atoms with E-state index in [1.54, 1.807) is 4.90 Å². The fourth-order valence-corrected chi connectivity index (χ4v) is 3.12. The first-order chi connectivity index (χ1) is 11.0. The standard InChI is InChI=1S/C16H20ClN3O3/c17-12-3-4-14(15(9-12)20(22)23)16(21)19-7-5-13(6-8-19)18-10-11-1-2-11/h3-4,9,11,13,18H,1-2,5-8,10H2. The van der Waals surface area contributed by atoms with Crippen LogP contribution in [0.5, 0.6) is 0 Å². The number of hydrogen-bond donors (Lipinski definition) is 1. The molecule has 1 aliphatic carbocycles. The van der Waals surface area contributed by atoms with Crippen LogP contribution in [0.25, 0.3) is 0 Å². The molecular weight excluding hydrogens is 318 g/mol. The lowest BCUT2D eigenvalue weighted by atomic mass is 10.0. The van der Waals surface area contributed by atoms with E-state index in [0.29, 0.717) is 19.1 Å². The zero-order valence-corrected chi connectivity index (χ0v) is 13.6. The number of likely N-dealkylation sites (tertiary alicyclic amines) is 1. The Labute approximate surface area is 139 Å². The van der Waals surface area contributed by atoms with E-state index in [9.17, 15) is 14.9 Å². The third kappa shape index (κ3) is 4.00. The van der Waals surface area contributed by atoms with Crippen LogP contribution in [-0.4, -0.2) is 41.4 Å². The summed E-state index contributed by atoms with van der Waals surface area (Å²) in [6, 6.07) is 4.64. The van der Waals surface area contributed by atoms with Crippen LogP contribution in [0.1, 0.15) is 36.0 Å². The maximum Gasteiger partial charge on any atom is 0.283 e. The highest BCUT2D eigenvalue weighted by atomic mass is 35.5. The molecule has 0 aromatic heterocycles. The Morgan fingerprint density at radius 3 is 2.61 bits per heavy atom. The van der Waals surface area contributed by atoms with Gasteiger partial charge < -0.3 is 10.2 Å². The van der Waals surface area contributed by atoms with Gasteiger partial charge in [-0.05, 0) is 50.3 Å². The number of carbonyl (C=O) groups is 1. The quantitative estimate of drug-likeness (QED) is 0.662. The number of nitrogens with one attached hydrogen (secondary N) is 1. The SMILES string of the molecule is O=C(c1ccc(Cl)cc1[N+](=O)[O-])N1CCC(NCC2CC2)CC1. The first-order valence-corrected chi connectivity index (χ1v) is 8.39. The molecule has 0 atom stereocenters. The highest BCUT2D eigenvalue weighted by molar-refractivity contribution is 6.31. The molecule has 1 saturated heterocycles. The van der Waals surface area contributed by atoms with Crippen molar-refractivity contribution < 1.29 is 9.72 Å². The number of nitro groups is 1. The molecule has 0 unspecified atom stereocenters. The fraction of sp³-hybridized carbons (Fsp3) is 0.562. The Kier molecular flexibility index (Phi) is 4.82. The van der Waals surface area contributed by atoms with Crippen molar-refractivity contribution in [3.05, 3.63) is 38.9 Å². The molecule has 0 radical (unpaired) electrons. The Bertz CT molecular complexity index is 611. The summed E-state index contributed by atoms with van der Waals surface area (Å²) in [6.45, 7) is 2.32. The Morgan fingerprint density at radius 2 is 2.00 bits per heavy atom. The van der Waals surface area contributed by atoms with Crippen molar-refractivity contribution in [1.29, 1.82) is 0 Å². The van der Waals surface area contributed by atoms with Gasteiger partial charge in [0, 0.05) is 30.2 Å². The van der Waals surface area contributed by atoms with Crippen LogP contribution >= 0.6 is 11.6 Å². The molecule has 0 spiro atoms. The molecule has 124 valence electrons. The highest BCUT2D eigenvalue weighted by Crippen LogP contribution is 2.28.